The first-order valence-corrected chi connectivity index (χ1v) is 11.8. The first-order valence-electron chi connectivity index (χ1n) is 11.8. The average Bonchev–Trinajstić information content (AvgIpc) is 2.80. The molecule has 1 aromatic carbocycles. The van der Waals surface area contributed by atoms with Gasteiger partial charge in [-0.3, -0.25) is 9.78 Å². The van der Waals surface area contributed by atoms with Crippen LogP contribution in [0.25, 0.3) is 5.57 Å². The van der Waals surface area contributed by atoms with Crippen molar-refractivity contribution >= 4 is 23.4 Å². The molecule has 188 valence electrons. The molecule has 0 bridgehead atoms. The maximum absolute atomic E-state index is 13.4. The van der Waals surface area contributed by atoms with Crippen LogP contribution in [0.2, 0.25) is 0 Å². The topological polar surface area (TPSA) is 75.1 Å². The molecule has 6 heteroatoms. The van der Waals surface area contributed by atoms with Crippen molar-refractivity contribution in [1.82, 2.24) is 4.98 Å². The predicted octanol–water partition coefficient (Wildman–Crippen LogP) is 7.36. The third-order valence-electron chi connectivity index (χ3n) is 5.10. The zero-order chi connectivity index (χ0) is 26.1. The van der Waals surface area contributed by atoms with Crippen molar-refractivity contribution in [2.45, 2.75) is 67.7 Å². The van der Waals surface area contributed by atoms with E-state index in [9.17, 15) is 9.18 Å². The Hall–Kier alpha value is -2.86. The van der Waals surface area contributed by atoms with E-state index in [2.05, 4.69) is 41.9 Å². The summed E-state index contributed by atoms with van der Waals surface area (Å²) in [4.78, 5) is 15.7. The summed E-state index contributed by atoms with van der Waals surface area (Å²) in [7, 11) is 1.68. The van der Waals surface area contributed by atoms with E-state index in [1.54, 1.807) is 19.4 Å². The Morgan fingerprint density at radius 2 is 1.88 bits per heavy atom. The van der Waals surface area contributed by atoms with Crippen LogP contribution in [0.15, 0.2) is 36.5 Å². The number of nitrogens with zero attached hydrogens (tertiary/aromatic N) is 1. The third kappa shape index (κ3) is 11.8. The standard InChI is InChI=1S/C19H21FN2O.C6H13N.C3H8O/c1-5-6-18(17-8-7-16(20)9-12(17)2)15-10-19(22-14(4)23)13(3)21-11-15;1-3-6(2)4-5-7;1-3-4-2/h6-11H,5H2,1-4H3,(H,22,23);5-7H,3-4H2,1-2H3;3H2,1-2H3/b18-6-;;. The monoisotopic (exact) mass is 471 g/mol. The molecule has 0 fully saturated rings. The van der Waals surface area contributed by atoms with Crippen molar-refractivity contribution in [1.29, 1.82) is 5.41 Å². The van der Waals surface area contributed by atoms with E-state index in [-0.39, 0.29) is 11.7 Å². The van der Waals surface area contributed by atoms with Crippen LogP contribution in [-0.2, 0) is 9.53 Å². The first-order chi connectivity index (χ1) is 16.1. The molecule has 0 spiro atoms. The van der Waals surface area contributed by atoms with Gasteiger partial charge in [-0.05, 0) is 80.6 Å². The number of methoxy groups -OCH3 is 1. The van der Waals surface area contributed by atoms with Crippen molar-refractivity contribution in [2.24, 2.45) is 5.92 Å². The number of hydrogen-bond acceptors (Lipinski definition) is 4. The molecule has 34 heavy (non-hydrogen) atoms. The van der Waals surface area contributed by atoms with Gasteiger partial charge in [0.05, 0.1) is 11.4 Å². The largest absolute Gasteiger partial charge is 0.385 e. The van der Waals surface area contributed by atoms with E-state index in [1.807, 2.05) is 26.8 Å². The fraction of sp³-hybridized carbons (Fsp3) is 0.464. The molecule has 1 amide bonds. The lowest BCUT2D eigenvalue weighted by atomic mass is 9.94. The number of carbonyl (C=O) groups is 1. The number of benzene rings is 1. The van der Waals surface area contributed by atoms with Gasteiger partial charge < -0.3 is 15.5 Å². The highest BCUT2D eigenvalue weighted by molar-refractivity contribution is 5.90. The summed E-state index contributed by atoms with van der Waals surface area (Å²) in [5, 5.41) is 9.51. The second-order valence-electron chi connectivity index (χ2n) is 8.05. The first kappa shape index (κ1) is 31.1. The molecule has 2 rings (SSSR count). The normalized spacial score (nSPS) is 11.4. The van der Waals surface area contributed by atoms with Gasteiger partial charge in [-0.25, -0.2) is 4.39 Å². The number of hydrogen-bond donors (Lipinski definition) is 2. The van der Waals surface area contributed by atoms with Crippen LogP contribution in [0, 0.1) is 31.0 Å². The van der Waals surface area contributed by atoms with Crippen LogP contribution in [0.1, 0.15) is 76.3 Å². The fourth-order valence-electron chi connectivity index (χ4n) is 2.88. The fourth-order valence-corrected chi connectivity index (χ4v) is 2.88. The Bertz CT molecular complexity index is 924. The lowest BCUT2D eigenvalue weighted by Gasteiger charge is -2.14. The quantitative estimate of drug-likeness (QED) is 0.395. The lowest BCUT2D eigenvalue weighted by molar-refractivity contribution is -0.114. The summed E-state index contributed by atoms with van der Waals surface area (Å²) in [5.74, 6) is 0.326. The molecule has 0 saturated carbocycles. The Kier molecular flexibility index (Phi) is 16.1. The van der Waals surface area contributed by atoms with Gasteiger partial charge in [0.15, 0.2) is 0 Å². The SMILES string of the molecule is CC/C=C(/c1cnc(C)c(NC(C)=O)c1)c1ccc(F)cc1C.CCC(C)CC=N.CCOC. The van der Waals surface area contributed by atoms with Crippen molar-refractivity contribution in [3.63, 3.8) is 0 Å². The minimum atomic E-state index is -0.247. The number of aromatic nitrogens is 1. The second kappa shape index (κ2) is 17.6. The van der Waals surface area contributed by atoms with Crippen molar-refractivity contribution in [2.75, 3.05) is 19.0 Å². The summed E-state index contributed by atoms with van der Waals surface area (Å²) in [5.41, 5.74) is 5.17. The Morgan fingerprint density at radius 1 is 1.24 bits per heavy atom. The van der Waals surface area contributed by atoms with Crippen molar-refractivity contribution in [3.8, 4) is 0 Å². The van der Waals surface area contributed by atoms with Gasteiger partial charge in [0, 0.05) is 32.4 Å². The number of anilines is 1. The Balaban J connectivity index is 0.000000826. The zero-order valence-corrected chi connectivity index (χ0v) is 22.1. The number of aryl methyl sites for hydroxylation is 2. The van der Waals surface area contributed by atoms with E-state index in [0.717, 1.165) is 47.4 Å². The zero-order valence-electron chi connectivity index (χ0n) is 22.1. The molecule has 1 unspecified atom stereocenters. The van der Waals surface area contributed by atoms with Gasteiger partial charge in [-0.1, -0.05) is 39.3 Å². The van der Waals surface area contributed by atoms with Crippen LogP contribution >= 0.6 is 0 Å². The number of nitrogens with one attached hydrogen (secondary N) is 2. The van der Waals surface area contributed by atoms with Crippen LogP contribution in [0.4, 0.5) is 10.1 Å². The highest BCUT2D eigenvalue weighted by Crippen LogP contribution is 2.29. The van der Waals surface area contributed by atoms with Crippen molar-refractivity contribution < 1.29 is 13.9 Å². The molecular formula is C28H42FN3O2. The van der Waals surface area contributed by atoms with E-state index in [0.29, 0.717) is 11.6 Å². The molecule has 0 radical (unpaired) electrons. The van der Waals surface area contributed by atoms with E-state index in [4.69, 9.17) is 5.41 Å². The molecule has 0 saturated heterocycles. The molecule has 2 aromatic rings. The number of rotatable bonds is 8. The minimum Gasteiger partial charge on any atom is -0.385 e. The van der Waals surface area contributed by atoms with Gasteiger partial charge in [0.1, 0.15) is 5.82 Å². The average molecular weight is 472 g/mol. The van der Waals surface area contributed by atoms with Gasteiger partial charge in [-0.15, -0.1) is 0 Å². The number of amides is 1. The summed E-state index contributed by atoms with van der Waals surface area (Å²) in [6.07, 6.45) is 8.32. The molecule has 0 aliphatic heterocycles. The van der Waals surface area contributed by atoms with Crippen LogP contribution in [-0.4, -0.2) is 30.8 Å². The van der Waals surface area contributed by atoms with Gasteiger partial charge >= 0.3 is 0 Å². The Morgan fingerprint density at radius 3 is 2.32 bits per heavy atom. The molecule has 2 N–H and O–H groups in total. The lowest BCUT2D eigenvalue weighted by Crippen LogP contribution is -2.08. The maximum Gasteiger partial charge on any atom is 0.221 e. The van der Waals surface area contributed by atoms with Crippen LogP contribution in [0.5, 0.6) is 0 Å². The molecule has 0 aliphatic rings. The highest BCUT2D eigenvalue weighted by atomic mass is 19.1. The van der Waals surface area contributed by atoms with Crippen LogP contribution < -0.4 is 5.32 Å². The van der Waals surface area contributed by atoms with Gasteiger partial charge in [-0.2, -0.15) is 0 Å². The van der Waals surface area contributed by atoms with Crippen molar-refractivity contribution in [3.05, 3.63) is 64.7 Å². The smallest absolute Gasteiger partial charge is 0.221 e. The summed E-state index contributed by atoms with van der Waals surface area (Å²) < 4.78 is 17.9. The molecule has 1 heterocycles. The molecular weight excluding hydrogens is 429 g/mol. The molecule has 0 aliphatic carbocycles. The highest BCUT2D eigenvalue weighted by Gasteiger charge is 2.11. The van der Waals surface area contributed by atoms with Crippen LogP contribution in [0.3, 0.4) is 0 Å². The number of allylic oxidation sites excluding steroid dienone is 1. The van der Waals surface area contributed by atoms with Gasteiger partial charge in [0.2, 0.25) is 5.91 Å². The summed E-state index contributed by atoms with van der Waals surface area (Å²) in [6.45, 7) is 14.3. The third-order valence-corrected chi connectivity index (χ3v) is 5.10. The summed E-state index contributed by atoms with van der Waals surface area (Å²) in [6, 6.07) is 6.68. The summed E-state index contributed by atoms with van der Waals surface area (Å²) >= 11 is 0. The predicted molar refractivity (Wildman–Crippen MR) is 142 cm³/mol. The second-order valence-corrected chi connectivity index (χ2v) is 8.05. The number of ether oxygens (including phenoxy) is 1. The van der Waals surface area contributed by atoms with E-state index >= 15 is 0 Å². The van der Waals surface area contributed by atoms with E-state index < -0.39 is 0 Å². The molecule has 5 nitrogen and oxygen atoms in total. The molecule has 1 aromatic heterocycles. The van der Waals surface area contributed by atoms with E-state index in [1.165, 1.54) is 31.7 Å². The number of halogens is 1. The number of carbonyl (C=O) groups excluding carboxylic acids is 1. The molecule has 1 atom stereocenters. The van der Waals surface area contributed by atoms with Gasteiger partial charge in [0.25, 0.3) is 0 Å². The minimum absolute atomic E-state index is 0.133. The number of pyridine rings is 1. The maximum atomic E-state index is 13.4. The Labute approximate surface area is 205 Å².